The number of rotatable bonds is 7. The highest BCUT2D eigenvalue weighted by atomic mass is 32.1. The standard InChI is InChI=1S/C18H25N3O3S/c1-12-15(18(22)19-10-14-5-4-7-24-14)9-17(21(12)6-8-23-3)16-11-25-13(2)20-16/h9,11,14H,4-8,10H2,1-3H3,(H,19,22). The average molecular weight is 363 g/mol. The number of carbonyl (C=O) groups excluding carboxylic acids is 1. The summed E-state index contributed by atoms with van der Waals surface area (Å²) >= 11 is 1.61. The van der Waals surface area contributed by atoms with Gasteiger partial charge >= 0.3 is 0 Å². The highest BCUT2D eigenvalue weighted by Gasteiger charge is 2.21. The van der Waals surface area contributed by atoms with Gasteiger partial charge in [-0.15, -0.1) is 11.3 Å². The normalized spacial score (nSPS) is 17.2. The number of nitrogens with one attached hydrogen (secondary N) is 1. The number of hydrogen-bond donors (Lipinski definition) is 1. The molecule has 1 aliphatic heterocycles. The third kappa shape index (κ3) is 4.11. The van der Waals surface area contributed by atoms with Crippen molar-refractivity contribution < 1.29 is 14.3 Å². The first-order chi connectivity index (χ1) is 12.1. The number of nitrogens with zero attached hydrogens (tertiary/aromatic N) is 2. The first-order valence-corrected chi connectivity index (χ1v) is 9.49. The van der Waals surface area contributed by atoms with Crippen LogP contribution in [-0.2, 0) is 16.0 Å². The minimum Gasteiger partial charge on any atom is -0.383 e. The van der Waals surface area contributed by atoms with Crippen LogP contribution in [-0.4, -0.2) is 48.4 Å². The Balaban J connectivity index is 1.83. The fraction of sp³-hybridized carbons (Fsp3) is 0.556. The lowest BCUT2D eigenvalue weighted by atomic mass is 10.2. The molecular formula is C18H25N3O3S. The van der Waals surface area contributed by atoms with Crippen LogP contribution in [0.3, 0.4) is 0 Å². The van der Waals surface area contributed by atoms with E-state index in [4.69, 9.17) is 9.47 Å². The van der Waals surface area contributed by atoms with E-state index in [1.165, 1.54) is 0 Å². The summed E-state index contributed by atoms with van der Waals surface area (Å²) in [4.78, 5) is 17.2. The van der Waals surface area contributed by atoms with Crippen LogP contribution in [0, 0.1) is 13.8 Å². The van der Waals surface area contributed by atoms with Crippen molar-refractivity contribution in [3.05, 3.63) is 27.7 Å². The van der Waals surface area contributed by atoms with Gasteiger partial charge < -0.3 is 19.4 Å². The molecule has 1 amide bonds. The second-order valence-electron chi connectivity index (χ2n) is 6.27. The smallest absolute Gasteiger partial charge is 0.253 e. The number of ether oxygens (including phenoxy) is 2. The third-order valence-electron chi connectivity index (χ3n) is 4.53. The van der Waals surface area contributed by atoms with Crippen molar-refractivity contribution in [1.82, 2.24) is 14.9 Å². The fourth-order valence-corrected chi connectivity index (χ4v) is 3.75. The Morgan fingerprint density at radius 2 is 2.36 bits per heavy atom. The summed E-state index contributed by atoms with van der Waals surface area (Å²) in [5, 5.41) is 6.05. The van der Waals surface area contributed by atoms with Crippen molar-refractivity contribution in [2.45, 2.75) is 39.3 Å². The predicted octanol–water partition coefficient (Wildman–Crippen LogP) is 2.78. The van der Waals surface area contributed by atoms with E-state index in [1.54, 1.807) is 18.4 Å². The predicted molar refractivity (Wildman–Crippen MR) is 98.2 cm³/mol. The summed E-state index contributed by atoms with van der Waals surface area (Å²) in [6, 6.07) is 1.93. The third-order valence-corrected chi connectivity index (χ3v) is 5.30. The van der Waals surface area contributed by atoms with Crippen LogP contribution >= 0.6 is 11.3 Å². The molecule has 0 radical (unpaired) electrons. The highest BCUT2D eigenvalue weighted by Crippen LogP contribution is 2.27. The number of amides is 1. The molecule has 0 saturated carbocycles. The molecule has 1 aliphatic rings. The van der Waals surface area contributed by atoms with E-state index in [-0.39, 0.29) is 12.0 Å². The minimum atomic E-state index is -0.0580. The number of methoxy groups -OCH3 is 1. The molecule has 0 aromatic carbocycles. The van der Waals surface area contributed by atoms with E-state index in [9.17, 15) is 4.79 Å². The van der Waals surface area contributed by atoms with Gasteiger partial charge in [-0.1, -0.05) is 0 Å². The van der Waals surface area contributed by atoms with Gasteiger partial charge in [0.25, 0.3) is 5.91 Å². The molecule has 1 fully saturated rings. The molecule has 1 saturated heterocycles. The van der Waals surface area contributed by atoms with Gasteiger partial charge in [-0.05, 0) is 32.8 Å². The zero-order chi connectivity index (χ0) is 17.8. The Morgan fingerprint density at radius 1 is 1.52 bits per heavy atom. The SMILES string of the molecule is COCCn1c(-c2csc(C)n2)cc(C(=O)NCC2CCCO2)c1C. The monoisotopic (exact) mass is 363 g/mol. The van der Waals surface area contributed by atoms with Gasteiger partial charge in [-0.2, -0.15) is 0 Å². The number of hydrogen-bond acceptors (Lipinski definition) is 5. The Morgan fingerprint density at radius 3 is 3.00 bits per heavy atom. The van der Waals surface area contributed by atoms with Crippen LogP contribution in [0.2, 0.25) is 0 Å². The van der Waals surface area contributed by atoms with Gasteiger partial charge in [0.05, 0.1) is 34.7 Å². The van der Waals surface area contributed by atoms with Crippen molar-refractivity contribution >= 4 is 17.2 Å². The first kappa shape index (κ1) is 18.1. The zero-order valence-electron chi connectivity index (χ0n) is 15.0. The maximum atomic E-state index is 12.7. The molecule has 136 valence electrons. The Kier molecular flexibility index (Phi) is 5.88. The summed E-state index contributed by atoms with van der Waals surface area (Å²) in [5.74, 6) is -0.0580. The lowest BCUT2D eigenvalue weighted by molar-refractivity contribution is 0.0857. The summed E-state index contributed by atoms with van der Waals surface area (Å²) in [7, 11) is 1.68. The molecule has 2 aromatic rings. The lowest BCUT2D eigenvalue weighted by Crippen LogP contribution is -2.32. The molecule has 2 aromatic heterocycles. The van der Waals surface area contributed by atoms with Crippen LogP contribution in [0.4, 0.5) is 0 Å². The van der Waals surface area contributed by atoms with E-state index in [1.807, 2.05) is 25.3 Å². The van der Waals surface area contributed by atoms with Crippen molar-refractivity contribution in [2.24, 2.45) is 0 Å². The molecule has 3 heterocycles. The largest absolute Gasteiger partial charge is 0.383 e. The van der Waals surface area contributed by atoms with E-state index in [0.717, 1.165) is 41.5 Å². The molecule has 0 bridgehead atoms. The van der Waals surface area contributed by atoms with Crippen LogP contribution in [0.25, 0.3) is 11.4 Å². The average Bonchev–Trinajstić information content (AvgIpc) is 3.32. The van der Waals surface area contributed by atoms with E-state index in [2.05, 4.69) is 14.9 Å². The first-order valence-electron chi connectivity index (χ1n) is 8.61. The second-order valence-corrected chi connectivity index (χ2v) is 7.33. The summed E-state index contributed by atoms with van der Waals surface area (Å²) < 4.78 is 12.9. The molecule has 0 aliphatic carbocycles. The molecule has 0 spiro atoms. The summed E-state index contributed by atoms with van der Waals surface area (Å²) in [5.41, 5.74) is 3.48. The lowest BCUT2D eigenvalue weighted by Gasteiger charge is -2.12. The van der Waals surface area contributed by atoms with Gasteiger partial charge in [0.15, 0.2) is 0 Å². The van der Waals surface area contributed by atoms with Gasteiger partial charge in [0.2, 0.25) is 0 Å². The Labute approximate surface area is 152 Å². The quantitative estimate of drug-likeness (QED) is 0.821. The van der Waals surface area contributed by atoms with Crippen molar-refractivity contribution in [3.8, 4) is 11.4 Å². The summed E-state index contributed by atoms with van der Waals surface area (Å²) in [6.45, 7) is 6.58. The van der Waals surface area contributed by atoms with Gasteiger partial charge in [0.1, 0.15) is 0 Å². The molecule has 25 heavy (non-hydrogen) atoms. The van der Waals surface area contributed by atoms with Crippen LogP contribution in [0.5, 0.6) is 0 Å². The zero-order valence-corrected chi connectivity index (χ0v) is 15.8. The Bertz CT molecular complexity index is 732. The topological polar surface area (TPSA) is 65.4 Å². The molecule has 1 atom stereocenters. The maximum Gasteiger partial charge on any atom is 0.253 e. The number of aryl methyl sites for hydroxylation is 1. The van der Waals surface area contributed by atoms with Gasteiger partial charge in [0, 0.05) is 37.9 Å². The summed E-state index contributed by atoms with van der Waals surface area (Å²) in [6.07, 6.45) is 2.22. The van der Waals surface area contributed by atoms with Crippen molar-refractivity contribution in [1.29, 1.82) is 0 Å². The molecule has 3 rings (SSSR count). The van der Waals surface area contributed by atoms with Gasteiger partial charge in [-0.3, -0.25) is 4.79 Å². The minimum absolute atomic E-state index is 0.0580. The van der Waals surface area contributed by atoms with Crippen molar-refractivity contribution in [2.75, 3.05) is 26.9 Å². The van der Waals surface area contributed by atoms with Crippen molar-refractivity contribution in [3.63, 3.8) is 0 Å². The van der Waals surface area contributed by atoms with E-state index in [0.29, 0.717) is 25.3 Å². The molecule has 1 unspecified atom stereocenters. The van der Waals surface area contributed by atoms with Crippen LogP contribution in [0.1, 0.15) is 33.9 Å². The molecule has 7 heteroatoms. The molecule has 1 N–H and O–H groups in total. The molecule has 6 nitrogen and oxygen atoms in total. The molecular weight excluding hydrogens is 338 g/mol. The maximum absolute atomic E-state index is 12.7. The van der Waals surface area contributed by atoms with Crippen LogP contribution < -0.4 is 5.32 Å². The Hall–Kier alpha value is -1.70. The number of carbonyl (C=O) groups is 1. The van der Waals surface area contributed by atoms with Crippen LogP contribution in [0.15, 0.2) is 11.4 Å². The fourth-order valence-electron chi connectivity index (χ4n) is 3.15. The van der Waals surface area contributed by atoms with E-state index >= 15 is 0 Å². The van der Waals surface area contributed by atoms with E-state index < -0.39 is 0 Å². The second kappa shape index (κ2) is 8.12. The number of thiazole rings is 1. The number of aromatic nitrogens is 2. The van der Waals surface area contributed by atoms with Gasteiger partial charge in [-0.25, -0.2) is 4.98 Å². The highest BCUT2D eigenvalue weighted by molar-refractivity contribution is 7.09.